The van der Waals surface area contributed by atoms with Crippen molar-refractivity contribution in [1.29, 1.82) is 5.26 Å². The quantitative estimate of drug-likeness (QED) is 0.782. The van der Waals surface area contributed by atoms with Crippen LogP contribution in [0.15, 0.2) is 42.5 Å². The van der Waals surface area contributed by atoms with Gasteiger partial charge >= 0.3 is 12.3 Å². The molecule has 1 unspecified atom stereocenters. The van der Waals surface area contributed by atoms with E-state index in [1.54, 1.807) is 6.07 Å². The Labute approximate surface area is 155 Å². The monoisotopic (exact) mass is 393 g/mol. The Morgan fingerprint density at radius 1 is 1.21 bits per heavy atom. The number of amides is 2. The third-order valence-corrected chi connectivity index (χ3v) is 4.15. The second-order valence-electron chi connectivity index (χ2n) is 5.90. The van der Waals surface area contributed by atoms with Crippen molar-refractivity contribution < 1.29 is 31.9 Å². The summed E-state index contributed by atoms with van der Waals surface area (Å²) in [5, 5.41) is 13.2. The predicted molar refractivity (Wildman–Crippen MR) is 87.7 cm³/mol. The van der Waals surface area contributed by atoms with Crippen molar-refractivity contribution in [2.75, 3.05) is 11.9 Å². The molecular formula is C18H11F4N3O3. The van der Waals surface area contributed by atoms with Crippen LogP contribution in [0.5, 0.6) is 0 Å². The lowest BCUT2D eigenvalue weighted by Gasteiger charge is -2.39. The normalized spacial score (nSPS) is 18.3. The molecule has 144 valence electrons. The molecule has 1 atom stereocenters. The zero-order valence-electron chi connectivity index (χ0n) is 13.9. The number of anilines is 1. The summed E-state index contributed by atoms with van der Waals surface area (Å²) in [6.45, 7) is -1.14. The van der Waals surface area contributed by atoms with Crippen molar-refractivity contribution >= 4 is 17.7 Å². The van der Waals surface area contributed by atoms with Gasteiger partial charge in [0.25, 0.3) is 11.5 Å². The van der Waals surface area contributed by atoms with E-state index >= 15 is 0 Å². The molecule has 0 aliphatic carbocycles. The maximum absolute atomic E-state index is 14.0. The standard InChI is InChI=1S/C18H11F4N3O3/c19-12-4-2-11(3-5-12)15(26)24-9-17(18(20,21)22)13-7-10(8-23)1-6-14(13)25-16(27)28-17/h1-7H,9H2,(H,24,26)(H,25,27). The molecule has 2 aromatic carbocycles. The van der Waals surface area contributed by atoms with Gasteiger partial charge in [-0.05, 0) is 42.5 Å². The van der Waals surface area contributed by atoms with E-state index in [1.165, 1.54) is 6.07 Å². The van der Waals surface area contributed by atoms with Crippen LogP contribution in [-0.2, 0) is 10.3 Å². The van der Waals surface area contributed by atoms with E-state index in [9.17, 15) is 27.2 Å². The first-order valence-corrected chi connectivity index (χ1v) is 7.81. The fourth-order valence-electron chi connectivity index (χ4n) is 2.76. The summed E-state index contributed by atoms with van der Waals surface area (Å²) in [6.07, 6.45) is -6.46. The highest BCUT2D eigenvalue weighted by molar-refractivity contribution is 5.94. The molecule has 0 bridgehead atoms. The number of alkyl halides is 3. The number of nitriles is 1. The van der Waals surface area contributed by atoms with Gasteiger partial charge in [0.15, 0.2) is 0 Å². The number of cyclic esters (lactones) is 1. The molecule has 28 heavy (non-hydrogen) atoms. The molecule has 0 radical (unpaired) electrons. The minimum atomic E-state index is -5.11. The van der Waals surface area contributed by atoms with E-state index in [-0.39, 0.29) is 16.8 Å². The Morgan fingerprint density at radius 2 is 1.89 bits per heavy atom. The van der Waals surface area contributed by atoms with E-state index in [1.807, 2.05) is 0 Å². The molecule has 1 aliphatic rings. The fourth-order valence-corrected chi connectivity index (χ4v) is 2.76. The Balaban J connectivity index is 2.00. The van der Waals surface area contributed by atoms with Crippen molar-refractivity contribution in [3.63, 3.8) is 0 Å². The van der Waals surface area contributed by atoms with Gasteiger partial charge in [0.1, 0.15) is 5.82 Å². The molecule has 0 saturated carbocycles. The first-order valence-electron chi connectivity index (χ1n) is 7.81. The molecule has 2 N–H and O–H groups in total. The summed E-state index contributed by atoms with van der Waals surface area (Å²) in [5.41, 5.74) is -4.07. The van der Waals surface area contributed by atoms with E-state index in [2.05, 4.69) is 15.4 Å². The third kappa shape index (κ3) is 3.34. The van der Waals surface area contributed by atoms with Gasteiger partial charge < -0.3 is 10.1 Å². The molecule has 0 spiro atoms. The van der Waals surface area contributed by atoms with E-state index in [0.717, 1.165) is 36.4 Å². The maximum Gasteiger partial charge on any atom is 0.434 e. The molecule has 2 aromatic rings. The highest BCUT2D eigenvalue weighted by Gasteiger charge is 2.62. The molecule has 0 fully saturated rings. The summed E-state index contributed by atoms with van der Waals surface area (Å²) >= 11 is 0. The average molecular weight is 393 g/mol. The summed E-state index contributed by atoms with van der Waals surface area (Å²) in [5.74, 6) is -1.54. The van der Waals surface area contributed by atoms with Crippen LogP contribution >= 0.6 is 0 Å². The zero-order chi connectivity index (χ0) is 20.5. The number of fused-ring (bicyclic) bond motifs is 1. The predicted octanol–water partition coefficient (Wildman–Crippen LogP) is 3.45. The first-order chi connectivity index (χ1) is 13.2. The van der Waals surface area contributed by atoms with Crippen LogP contribution in [0.25, 0.3) is 0 Å². The highest BCUT2D eigenvalue weighted by Crippen LogP contribution is 2.47. The minimum Gasteiger partial charge on any atom is -0.426 e. The SMILES string of the molecule is N#Cc1ccc2c(c1)C(CNC(=O)c1ccc(F)cc1)(C(F)(F)F)OC(=O)N2. The Kier molecular flexibility index (Phi) is 4.68. The number of ether oxygens (including phenoxy) is 1. The Bertz CT molecular complexity index is 983. The number of benzene rings is 2. The Hall–Kier alpha value is -3.61. The van der Waals surface area contributed by atoms with Gasteiger partial charge in [-0.25, -0.2) is 9.18 Å². The number of rotatable bonds is 3. The number of hydrogen-bond acceptors (Lipinski definition) is 4. The van der Waals surface area contributed by atoms with Gasteiger partial charge in [0.05, 0.1) is 23.9 Å². The number of carbonyl (C=O) groups excluding carboxylic acids is 2. The fraction of sp³-hybridized carbons (Fsp3) is 0.167. The smallest absolute Gasteiger partial charge is 0.426 e. The maximum atomic E-state index is 14.0. The first kappa shape index (κ1) is 19.2. The van der Waals surface area contributed by atoms with Crippen molar-refractivity contribution in [3.8, 4) is 6.07 Å². The number of nitrogens with zero attached hydrogens (tertiary/aromatic N) is 1. The molecule has 6 nitrogen and oxygen atoms in total. The molecule has 0 saturated heterocycles. The van der Waals surface area contributed by atoms with Gasteiger partial charge in [-0.15, -0.1) is 0 Å². The van der Waals surface area contributed by atoms with Gasteiger partial charge in [0.2, 0.25) is 0 Å². The number of halogens is 4. The van der Waals surface area contributed by atoms with Crippen LogP contribution in [0, 0.1) is 17.1 Å². The number of nitrogens with one attached hydrogen (secondary N) is 2. The number of hydrogen-bond donors (Lipinski definition) is 2. The molecule has 0 aromatic heterocycles. The number of carbonyl (C=O) groups is 2. The minimum absolute atomic E-state index is 0.0787. The Morgan fingerprint density at radius 3 is 2.50 bits per heavy atom. The average Bonchev–Trinajstić information content (AvgIpc) is 2.65. The van der Waals surface area contributed by atoms with E-state index in [4.69, 9.17) is 5.26 Å². The van der Waals surface area contributed by atoms with Gasteiger partial charge in [-0.3, -0.25) is 10.1 Å². The van der Waals surface area contributed by atoms with Crippen molar-refractivity contribution in [2.45, 2.75) is 11.8 Å². The molecule has 2 amide bonds. The largest absolute Gasteiger partial charge is 0.434 e. The van der Waals surface area contributed by atoms with Gasteiger partial charge in [0, 0.05) is 11.1 Å². The zero-order valence-corrected chi connectivity index (χ0v) is 13.9. The molecule has 1 heterocycles. The second-order valence-corrected chi connectivity index (χ2v) is 5.90. The lowest BCUT2D eigenvalue weighted by atomic mass is 9.88. The summed E-state index contributed by atoms with van der Waals surface area (Å²) < 4.78 is 59.6. The van der Waals surface area contributed by atoms with Crippen LogP contribution in [0.3, 0.4) is 0 Å². The van der Waals surface area contributed by atoms with Crippen molar-refractivity contribution in [3.05, 3.63) is 65.0 Å². The van der Waals surface area contributed by atoms with Crippen LogP contribution in [0.1, 0.15) is 21.5 Å². The molecule has 1 aliphatic heterocycles. The molecular weight excluding hydrogens is 382 g/mol. The molecule has 3 rings (SSSR count). The lowest BCUT2D eigenvalue weighted by Crippen LogP contribution is -2.56. The topological polar surface area (TPSA) is 91.2 Å². The molecule has 10 heteroatoms. The van der Waals surface area contributed by atoms with Crippen LogP contribution in [-0.4, -0.2) is 24.7 Å². The third-order valence-electron chi connectivity index (χ3n) is 4.15. The lowest BCUT2D eigenvalue weighted by molar-refractivity contribution is -0.261. The van der Waals surface area contributed by atoms with Crippen molar-refractivity contribution in [1.82, 2.24) is 5.32 Å². The van der Waals surface area contributed by atoms with Crippen LogP contribution in [0.4, 0.5) is 28.0 Å². The van der Waals surface area contributed by atoms with Crippen LogP contribution in [0.2, 0.25) is 0 Å². The van der Waals surface area contributed by atoms with E-state index in [0.29, 0.717) is 0 Å². The second kappa shape index (κ2) is 6.84. The summed E-state index contributed by atoms with van der Waals surface area (Å²) in [7, 11) is 0. The van der Waals surface area contributed by atoms with Crippen LogP contribution < -0.4 is 10.6 Å². The van der Waals surface area contributed by atoms with Crippen molar-refractivity contribution in [2.24, 2.45) is 0 Å². The summed E-state index contributed by atoms with van der Waals surface area (Å²) in [6, 6.07) is 9.20. The summed E-state index contributed by atoms with van der Waals surface area (Å²) in [4.78, 5) is 23.9. The van der Waals surface area contributed by atoms with Gasteiger partial charge in [-0.2, -0.15) is 18.4 Å². The van der Waals surface area contributed by atoms with E-state index < -0.39 is 41.7 Å². The highest BCUT2D eigenvalue weighted by atomic mass is 19.4. The van der Waals surface area contributed by atoms with Gasteiger partial charge in [-0.1, -0.05) is 0 Å².